The number of fused-ring (bicyclic) bond motifs is 1. The van der Waals surface area contributed by atoms with Crippen molar-refractivity contribution < 1.29 is 4.74 Å². The van der Waals surface area contributed by atoms with E-state index >= 15 is 0 Å². The molecule has 0 spiro atoms. The van der Waals surface area contributed by atoms with Crippen molar-refractivity contribution in [1.82, 2.24) is 15.6 Å². The maximum Gasteiger partial charge on any atom is 0.191 e. The molecule has 0 aliphatic heterocycles. The summed E-state index contributed by atoms with van der Waals surface area (Å²) in [7, 11) is 3.50. The third-order valence-corrected chi connectivity index (χ3v) is 4.14. The molecular weight excluding hydrogens is 415 g/mol. The number of H-pyrrole nitrogens is 1. The predicted molar refractivity (Wildman–Crippen MR) is 113 cm³/mol. The van der Waals surface area contributed by atoms with Crippen LogP contribution in [0.1, 0.15) is 25.0 Å². The van der Waals surface area contributed by atoms with Crippen LogP contribution in [0.3, 0.4) is 0 Å². The number of benzene rings is 1. The largest absolute Gasteiger partial charge is 0.377 e. The molecule has 0 aliphatic rings. The van der Waals surface area contributed by atoms with Gasteiger partial charge in [0.25, 0.3) is 0 Å². The fourth-order valence-corrected chi connectivity index (χ4v) is 2.55. The quantitative estimate of drug-likeness (QED) is 0.364. The van der Waals surface area contributed by atoms with Crippen molar-refractivity contribution in [3.8, 4) is 0 Å². The average Bonchev–Trinajstić information content (AvgIpc) is 2.95. The smallest absolute Gasteiger partial charge is 0.191 e. The van der Waals surface area contributed by atoms with Gasteiger partial charge in [0.1, 0.15) is 0 Å². The first-order valence-corrected chi connectivity index (χ1v) is 8.02. The first-order chi connectivity index (χ1) is 11.0. The fraction of sp³-hybridized carbons (Fsp3) is 0.500. The molecule has 0 fully saturated rings. The summed E-state index contributed by atoms with van der Waals surface area (Å²) in [6, 6.07) is 6.35. The maximum atomic E-state index is 5.41. The van der Waals surface area contributed by atoms with Crippen LogP contribution in [-0.4, -0.2) is 43.8 Å². The van der Waals surface area contributed by atoms with Gasteiger partial charge in [0.05, 0.1) is 5.60 Å². The number of nitrogens with one attached hydrogen (secondary N) is 3. The lowest BCUT2D eigenvalue weighted by Crippen LogP contribution is -2.45. The van der Waals surface area contributed by atoms with Gasteiger partial charge in [0, 0.05) is 44.3 Å². The van der Waals surface area contributed by atoms with E-state index < -0.39 is 0 Å². The van der Waals surface area contributed by atoms with Crippen molar-refractivity contribution >= 4 is 40.8 Å². The second-order valence-electron chi connectivity index (χ2n) is 6.38. The molecule has 134 valence electrons. The normalized spacial score (nSPS) is 12.1. The van der Waals surface area contributed by atoms with Crippen LogP contribution >= 0.6 is 24.0 Å². The standard InChI is InChI=1S/C18H28N4O.HI/c1-13-7-6-8-15-16(13)14(11-21-15)9-10-20-17(19-4)22-12-18(2,3)23-5;/h6-8,11,21H,9-10,12H2,1-5H3,(H2,19,20,22);1H. The molecule has 3 N–H and O–H groups in total. The number of hydrogen-bond donors (Lipinski definition) is 3. The monoisotopic (exact) mass is 444 g/mol. The Kier molecular flexibility index (Phi) is 8.02. The van der Waals surface area contributed by atoms with Crippen molar-refractivity contribution in [3.63, 3.8) is 0 Å². The van der Waals surface area contributed by atoms with Crippen LogP contribution in [-0.2, 0) is 11.2 Å². The average molecular weight is 444 g/mol. The van der Waals surface area contributed by atoms with E-state index in [2.05, 4.69) is 51.9 Å². The first-order valence-electron chi connectivity index (χ1n) is 8.02. The molecule has 0 bridgehead atoms. The molecule has 2 aromatic rings. The zero-order valence-corrected chi connectivity index (χ0v) is 17.5. The van der Waals surface area contributed by atoms with Gasteiger partial charge in [-0.2, -0.15) is 0 Å². The molecule has 0 saturated heterocycles. The van der Waals surface area contributed by atoms with E-state index in [4.69, 9.17) is 4.74 Å². The molecule has 1 heterocycles. The number of halogens is 1. The molecule has 1 aromatic heterocycles. The summed E-state index contributed by atoms with van der Waals surface area (Å²) < 4.78 is 5.41. The Morgan fingerprint density at radius 3 is 2.71 bits per heavy atom. The van der Waals surface area contributed by atoms with E-state index in [1.54, 1.807) is 14.2 Å². The number of aromatic nitrogens is 1. The molecule has 0 aliphatic carbocycles. The number of aromatic amines is 1. The summed E-state index contributed by atoms with van der Waals surface area (Å²) in [5, 5.41) is 7.98. The van der Waals surface area contributed by atoms with Crippen molar-refractivity contribution in [2.24, 2.45) is 4.99 Å². The minimum atomic E-state index is -0.217. The number of aryl methyl sites for hydroxylation is 1. The highest BCUT2D eigenvalue weighted by molar-refractivity contribution is 14.0. The Balaban J connectivity index is 0.00000288. The number of nitrogens with zero attached hydrogens (tertiary/aromatic N) is 1. The summed E-state index contributed by atoms with van der Waals surface area (Å²) in [5.74, 6) is 0.798. The SMILES string of the molecule is CN=C(NCCc1c[nH]c2cccc(C)c12)NCC(C)(C)OC.I. The lowest BCUT2D eigenvalue weighted by atomic mass is 10.1. The Morgan fingerprint density at radius 2 is 2.04 bits per heavy atom. The summed E-state index contributed by atoms with van der Waals surface area (Å²) >= 11 is 0. The Labute approximate surface area is 161 Å². The van der Waals surface area contributed by atoms with Crippen molar-refractivity contribution in [3.05, 3.63) is 35.5 Å². The van der Waals surface area contributed by atoms with Crippen LogP contribution in [0, 0.1) is 6.92 Å². The second kappa shape index (κ2) is 9.27. The summed E-state index contributed by atoms with van der Waals surface area (Å²) in [6.07, 6.45) is 3.04. The molecule has 6 heteroatoms. The number of ether oxygens (including phenoxy) is 1. The van der Waals surface area contributed by atoms with Gasteiger partial charge in [-0.15, -0.1) is 24.0 Å². The van der Waals surface area contributed by atoms with Crippen LogP contribution in [0.25, 0.3) is 10.9 Å². The van der Waals surface area contributed by atoms with Crippen LogP contribution in [0.2, 0.25) is 0 Å². The van der Waals surface area contributed by atoms with Crippen LogP contribution < -0.4 is 10.6 Å². The van der Waals surface area contributed by atoms with Gasteiger partial charge in [-0.05, 0) is 44.4 Å². The lowest BCUT2D eigenvalue weighted by Gasteiger charge is -2.24. The van der Waals surface area contributed by atoms with Crippen LogP contribution in [0.4, 0.5) is 0 Å². The van der Waals surface area contributed by atoms with E-state index in [1.807, 2.05) is 13.8 Å². The third kappa shape index (κ3) is 5.37. The third-order valence-electron chi connectivity index (χ3n) is 4.14. The van der Waals surface area contributed by atoms with Crippen LogP contribution in [0.15, 0.2) is 29.4 Å². The summed E-state index contributed by atoms with van der Waals surface area (Å²) in [4.78, 5) is 7.60. The molecule has 0 amide bonds. The highest BCUT2D eigenvalue weighted by Gasteiger charge is 2.16. The highest BCUT2D eigenvalue weighted by Crippen LogP contribution is 2.22. The molecule has 0 unspecified atom stereocenters. The molecule has 0 atom stereocenters. The molecule has 2 rings (SSSR count). The van der Waals surface area contributed by atoms with Gasteiger partial charge >= 0.3 is 0 Å². The van der Waals surface area contributed by atoms with Gasteiger partial charge in [0.2, 0.25) is 0 Å². The van der Waals surface area contributed by atoms with Crippen molar-refractivity contribution in [2.45, 2.75) is 32.8 Å². The first kappa shape index (κ1) is 20.8. The van der Waals surface area contributed by atoms with E-state index in [1.165, 1.54) is 22.0 Å². The molecule has 0 saturated carbocycles. The number of rotatable bonds is 6. The highest BCUT2D eigenvalue weighted by atomic mass is 127. The Morgan fingerprint density at radius 1 is 1.29 bits per heavy atom. The Bertz CT molecular complexity index is 679. The minimum absolute atomic E-state index is 0. The number of hydrogen-bond acceptors (Lipinski definition) is 2. The number of methoxy groups -OCH3 is 1. The molecular formula is C18H29IN4O. The van der Waals surface area contributed by atoms with Gasteiger partial charge in [0.15, 0.2) is 5.96 Å². The second-order valence-corrected chi connectivity index (χ2v) is 6.38. The lowest BCUT2D eigenvalue weighted by molar-refractivity contribution is 0.0268. The molecule has 5 nitrogen and oxygen atoms in total. The van der Waals surface area contributed by atoms with Gasteiger partial charge in [-0.25, -0.2) is 0 Å². The fourth-order valence-electron chi connectivity index (χ4n) is 2.55. The number of guanidine groups is 1. The minimum Gasteiger partial charge on any atom is -0.377 e. The molecule has 24 heavy (non-hydrogen) atoms. The van der Waals surface area contributed by atoms with Gasteiger partial charge in [-0.1, -0.05) is 12.1 Å². The molecule has 0 radical (unpaired) electrons. The molecule has 1 aromatic carbocycles. The topological polar surface area (TPSA) is 61.4 Å². The van der Waals surface area contributed by atoms with E-state index in [0.717, 1.165) is 18.9 Å². The maximum absolute atomic E-state index is 5.41. The van der Waals surface area contributed by atoms with E-state index in [-0.39, 0.29) is 29.6 Å². The van der Waals surface area contributed by atoms with Gasteiger partial charge in [-0.3, -0.25) is 4.99 Å². The zero-order valence-electron chi connectivity index (χ0n) is 15.2. The van der Waals surface area contributed by atoms with Gasteiger partial charge < -0.3 is 20.4 Å². The van der Waals surface area contributed by atoms with Crippen LogP contribution in [0.5, 0.6) is 0 Å². The summed E-state index contributed by atoms with van der Waals surface area (Å²) in [5.41, 5.74) is 3.62. The van der Waals surface area contributed by atoms with Crippen molar-refractivity contribution in [2.75, 3.05) is 27.2 Å². The van der Waals surface area contributed by atoms with E-state index in [9.17, 15) is 0 Å². The Hall–Kier alpha value is -1.28. The van der Waals surface area contributed by atoms with Crippen molar-refractivity contribution in [1.29, 1.82) is 0 Å². The van der Waals surface area contributed by atoms with E-state index in [0.29, 0.717) is 6.54 Å². The predicted octanol–water partition coefficient (Wildman–Crippen LogP) is 3.23. The zero-order chi connectivity index (χ0) is 16.9. The summed E-state index contributed by atoms with van der Waals surface area (Å²) in [6.45, 7) is 7.77. The number of aliphatic imine (C=N–C) groups is 1.